The van der Waals surface area contributed by atoms with Crippen LogP contribution in [0.1, 0.15) is 23.4 Å². The van der Waals surface area contributed by atoms with Crippen molar-refractivity contribution in [3.8, 4) is 17.4 Å². The molecule has 0 aliphatic carbocycles. The molecule has 0 spiro atoms. The van der Waals surface area contributed by atoms with Gasteiger partial charge in [0.15, 0.2) is 5.82 Å². The molecule has 0 saturated carbocycles. The first-order valence-electron chi connectivity index (χ1n) is 10.9. The van der Waals surface area contributed by atoms with E-state index in [4.69, 9.17) is 4.74 Å². The number of aromatic nitrogens is 4. The van der Waals surface area contributed by atoms with Gasteiger partial charge in [-0.15, -0.1) is 10.2 Å². The molecule has 11 heteroatoms. The number of carbonyl (C=O) groups is 1. The lowest BCUT2D eigenvalue weighted by molar-refractivity contribution is -0.116. The first-order chi connectivity index (χ1) is 16.8. The van der Waals surface area contributed by atoms with Crippen molar-refractivity contribution < 1.29 is 17.9 Å². The lowest BCUT2D eigenvalue weighted by Gasteiger charge is -2.18. The van der Waals surface area contributed by atoms with Crippen molar-refractivity contribution in [2.24, 2.45) is 0 Å². The van der Waals surface area contributed by atoms with Gasteiger partial charge in [0.2, 0.25) is 11.8 Å². The van der Waals surface area contributed by atoms with Crippen molar-refractivity contribution in [2.45, 2.75) is 31.6 Å². The van der Waals surface area contributed by atoms with Gasteiger partial charge in [-0.05, 0) is 74.4 Å². The lowest BCUT2D eigenvalue weighted by Crippen LogP contribution is -2.20. The summed E-state index contributed by atoms with van der Waals surface area (Å²) in [6.45, 7) is 3.88. The van der Waals surface area contributed by atoms with Crippen LogP contribution in [0.5, 0.6) is 11.6 Å². The number of amides is 1. The van der Waals surface area contributed by atoms with Gasteiger partial charge in [-0.25, -0.2) is 13.4 Å². The number of imidazole rings is 1. The molecule has 0 bridgehead atoms. The SMILES string of the molecule is Cc1ncn(-c2ccc(Oc3ccc(NS(=O)(=O)c4ccc5c(c4)CCC(=O)N5)cc3)nn2)c1C. The Bertz CT molecular complexity index is 1510. The van der Waals surface area contributed by atoms with Crippen LogP contribution in [0.4, 0.5) is 11.4 Å². The van der Waals surface area contributed by atoms with E-state index in [2.05, 4.69) is 25.2 Å². The average molecular weight is 491 g/mol. The third-order valence-electron chi connectivity index (χ3n) is 5.74. The highest BCUT2D eigenvalue weighted by molar-refractivity contribution is 7.92. The predicted molar refractivity (Wildman–Crippen MR) is 129 cm³/mol. The van der Waals surface area contributed by atoms with Crippen LogP contribution in [0.3, 0.4) is 0 Å². The number of benzene rings is 2. The third kappa shape index (κ3) is 4.71. The average Bonchev–Trinajstić information content (AvgIpc) is 3.18. The molecular weight excluding hydrogens is 468 g/mol. The quantitative estimate of drug-likeness (QED) is 0.421. The highest BCUT2D eigenvalue weighted by atomic mass is 32.2. The number of carbonyl (C=O) groups excluding carboxylic acids is 1. The summed E-state index contributed by atoms with van der Waals surface area (Å²) >= 11 is 0. The molecule has 2 aromatic carbocycles. The molecule has 1 amide bonds. The number of fused-ring (bicyclic) bond motifs is 1. The fourth-order valence-corrected chi connectivity index (χ4v) is 4.79. The minimum absolute atomic E-state index is 0.0705. The van der Waals surface area contributed by atoms with E-state index < -0.39 is 10.0 Å². The Morgan fingerprint density at radius 3 is 2.49 bits per heavy atom. The first-order valence-corrected chi connectivity index (χ1v) is 12.3. The van der Waals surface area contributed by atoms with E-state index in [1.54, 1.807) is 54.9 Å². The Hall–Kier alpha value is -4.25. The number of aryl methyl sites for hydroxylation is 2. The molecule has 1 aliphatic rings. The Morgan fingerprint density at radius 1 is 1.00 bits per heavy atom. The molecule has 2 N–H and O–H groups in total. The molecule has 1 aliphatic heterocycles. The predicted octanol–water partition coefficient (Wildman–Crippen LogP) is 3.76. The zero-order valence-corrected chi connectivity index (χ0v) is 19.8. The number of hydrogen-bond acceptors (Lipinski definition) is 7. The van der Waals surface area contributed by atoms with Crippen LogP contribution < -0.4 is 14.8 Å². The molecule has 10 nitrogen and oxygen atoms in total. The maximum absolute atomic E-state index is 12.8. The smallest absolute Gasteiger partial charge is 0.261 e. The minimum atomic E-state index is -3.80. The maximum atomic E-state index is 12.8. The Balaban J connectivity index is 1.26. The number of sulfonamides is 1. The summed E-state index contributed by atoms with van der Waals surface area (Å²) in [6, 6.07) is 14.6. The van der Waals surface area contributed by atoms with Crippen LogP contribution in [0, 0.1) is 13.8 Å². The van der Waals surface area contributed by atoms with Crippen molar-refractivity contribution in [3.05, 3.63) is 77.9 Å². The third-order valence-corrected chi connectivity index (χ3v) is 7.12. The maximum Gasteiger partial charge on any atom is 0.261 e. The van der Waals surface area contributed by atoms with Crippen LogP contribution in [0.25, 0.3) is 5.82 Å². The Kier molecular flexibility index (Phi) is 5.69. The summed E-state index contributed by atoms with van der Waals surface area (Å²) in [5.41, 5.74) is 3.72. The van der Waals surface area contributed by atoms with Crippen LogP contribution in [-0.2, 0) is 21.2 Å². The first kappa shape index (κ1) is 22.5. The van der Waals surface area contributed by atoms with Gasteiger partial charge in [0.25, 0.3) is 10.0 Å². The van der Waals surface area contributed by atoms with Crippen molar-refractivity contribution in [3.63, 3.8) is 0 Å². The normalized spacial score (nSPS) is 13.1. The van der Waals surface area contributed by atoms with Crippen LogP contribution in [-0.4, -0.2) is 34.1 Å². The number of anilines is 2. The van der Waals surface area contributed by atoms with Gasteiger partial charge < -0.3 is 10.1 Å². The van der Waals surface area contributed by atoms with E-state index in [-0.39, 0.29) is 10.8 Å². The van der Waals surface area contributed by atoms with E-state index in [0.717, 1.165) is 17.0 Å². The van der Waals surface area contributed by atoms with Gasteiger partial charge in [-0.1, -0.05) is 0 Å². The summed E-state index contributed by atoms with van der Waals surface area (Å²) in [4.78, 5) is 15.9. The molecular formula is C24H22N6O4S. The molecule has 0 saturated heterocycles. The van der Waals surface area contributed by atoms with E-state index in [1.807, 2.05) is 18.4 Å². The van der Waals surface area contributed by atoms with E-state index in [1.165, 1.54) is 6.07 Å². The number of rotatable bonds is 6. The van der Waals surface area contributed by atoms with Crippen LogP contribution in [0.2, 0.25) is 0 Å². The zero-order chi connectivity index (χ0) is 24.6. The number of ether oxygens (including phenoxy) is 1. The summed E-state index contributed by atoms with van der Waals surface area (Å²) in [5, 5.41) is 11.0. The Labute approximate surface area is 202 Å². The molecule has 0 fully saturated rings. The fraction of sp³-hybridized carbons (Fsp3) is 0.167. The Morgan fingerprint density at radius 2 is 1.80 bits per heavy atom. The van der Waals surface area contributed by atoms with Gasteiger partial charge in [0, 0.05) is 29.6 Å². The second kappa shape index (κ2) is 8.84. The standard InChI is InChI=1S/C24H22N6O4S/c1-15-16(2)30(14-25-15)22-10-12-24(28-27-22)34-19-6-4-18(5-7-19)29-35(32,33)20-8-9-21-17(13-20)3-11-23(31)26-21/h4-10,12-14,29H,3,11H2,1-2H3,(H,26,31). The number of nitrogens with one attached hydrogen (secondary N) is 2. The summed E-state index contributed by atoms with van der Waals surface area (Å²) < 4.78 is 35.8. The van der Waals surface area contributed by atoms with Crippen LogP contribution in [0.15, 0.2) is 65.8 Å². The van der Waals surface area contributed by atoms with Gasteiger partial charge in [-0.2, -0.15) is 0 Å². The van der Waals surface area contributed by atoms with Crippen molar-refractivity contribution in [1.82, 2.24) is 19.7 Å². The topological polar surface area (TPSA) is 128 Å². The van der Waals surface area contributed by atoms with Crippen LogP contribution >= 0.6 is 0 Å². The summed E-state index contributed by atoms with van der Waals surface area (Å²) in [6.07, 6.45) is 2.53. The zero-order valence-electron chi connectivity index (χ0n) is 19.0. The second-order valence-electron chi connectivity index (χ2n) is 8.11. The molecule has 3 heterocycles. The van der Waals surface area contributed by atoms with Gasteiger partial charge in [0.1, 0.15) is 12.1 Å². The molecule has 0 unspecified atom stereocenters. The largest absolute Gasteiger partial charge is 0.438 e. The number of hydrogen-bond donors (Lipinski definition) is 2. The summed E-state index contributed by atoms with van der Waals surface area (Å²) in [5.74, 6) is 1.34. The molecule has 4 aromatic rings. The fourth-order valence-electron chi connectivity index (χ4n) is 3.68. The van der Waals surface area contributed by atoms with Crippen molar-refractivity contribution in [2.75, 3.05) is 10.0 Å². The van der Waals surface area contributed by atoms with E-state index in [0.29, 0.717) is 41.7 Å². The molecule has 2 aromatic heterocycles. The van der Waals surface area contributed by atoms with Gasteiger partial charge >= 0.3 is 0 Å². The van der Waals surface area contributed by atoms with Crippen molar-refractivity contribution in [1.29, 1.82) is 0 Å². The highest BCUT2D eigenvalue weighted by Crippen LogP contribution is 2.27. The molecule has 0 radical (unpaired) electrons. The van der Waals surface area contributed by atoms with Gasteiger partial charge in [-0.3, -0.25) is 14.1 Å². The molecule has 0 atom stereocenters. The van der Waals surface area contributed by atoms with Gasteiger partial charge in [0.05, 0.1) is 10.6 Å². The minimum Gasteiger partial charge on any atom is -0.438 e. The van der Waals surface area contributed by atoms with E-state index in [9.17, 15) is 13.2 Å². The molecule has 5 rings (SSSR count). The highest BCUT2D eigenvalue weighted by Gasteiger charge is 2.20. The number of nitrogens with zero attached hydrogens (tertiary/aromatic N) is 4. The molecule has 35 heavy (non-hydrogen) atoms. The second-order valence-corrected chi connectivity index (χ2v) is 9.80. The van der Waals surface area contributed by atoms with E-state index >= 15 is 0 Å². The summed E-state index contributed by atoms with van der Waals surface area (Å²) in [7, 11) is -3.80. The van der Waals surface area contributed by atoms with Crippen molar-refractivity contribution >= 4 is 27.3 Å². The monoisotopic (exact) mass is 490 g/mol. The molecule has 178 valence electrons. The lowest BCUT2D eigenvalue weighted by atomic mass is 10.0.